The molecule has 162 valence electrons. The van der Waals surface area contributed by atoms with Crippen molar-refractivity contribution >= 4 is 35.0 Å². The topological polar surface area (TPSA) is 93.3 Å². The van der Waals surface area contributed by atoms with E-state index in [0.29, 0.717) is 45.0 Å². The molecule has 0 aliphatic rings. The molecule has 0 unspecified atom stereocenters. The lowest BCUT2D eigenvalue weighted by Crippen LogP contribution is -2.19. The number of halogens is 1. The Hall–Kier alpha value is -2.97. The van der Waals surface area contributed by atoms with E-state index >= 15 is 0 Å². The number of benzene rings is 2. The van der Waals surface area contributed by atoms with E-state index in [4.69, 9.17) is 21.1 Å². The first kappa shape index (κ1) is 22.7. The Morgan fingerprint density at radius 2 is 1.87 bits per heavy atom. The second kappa shape index (κ2) is 10.4. The molecule has 0 fully saturated rings. The van der Waals surface area contributed by atoms with Gasteiger partial charge in [-0.2, -0.15) is 0 Å². The average Bonchev–Trinajstić information content (AvgIpc) is 2.76. The van der Waals surface area contributed by atoms with Crippen molar-refractivity contribution in [2.24, 2.45) is 0 Å². The number of methoxy groups -OCH3 is 2. The van der Waals surface area contributed by atoms with Gasteiger partial charge in [-0.05, 0) is 12.5 Å². The Kier molecular flexibility index (Phi) is 7.59. The highest BCUT2D eigenvalue weighted by Gasteiger charge is 2.14. The van der Waals surface area contributed by atoms with Crippen molar-refractivity contribution < 1.29 is 14.3 Å². The van der Waals surface area contributed by atoms with Crippen molar-refractivity contribution in [2.45, 2.75) is 18.5 Å². The summed E-state index contributed by atoms with van der Waals surface area (Å²) in [6.07, 6.45) is 0.499. The highest BCUT2D eigenvalue weighted by atomic mass is 35.5. The van der Waals surface area contributed by atoms with E-state index in [2.05, 4.69) is 15.3 Å². The maximum absolute atomic E-state index is 12.5. The molecular formula is C22H22ClN3O4S. The first-order valence-electron chi connectivity index (χ1n) is 9.39. The smallest absolute Gasteiger partial charge is 0.255 e. The summed E-state index contributed by atoms with van der Waals surface area (Å²) in [5, 5.41) is 3.52. The van der Waals surface area contributed by atoms with Crippen LogP contribution in [0.25, 0.3) is 0 Å². The number of H-pyrrole nitrogens is 1. The Morgan fingerprint density at radius 1 is 1.16 bits per heavy atom. The highest BCUT2D eigenvalue weighted by molar-refractivity contribution is 7.99. The van der Waals surface area contributed by atoms with Gasteiger partial charge < -0.3 is 19.8 Å². The molecule has 0 saturated heterocycles. The molecule has 0 radical (unpaired) electrons. The molecule has 1 heterocycles. The number of anilines is 1. The second-order valence-corrected chi connectivity index (χ2v) is 7.99. The fourth-order valence-electron chi connectivity index (χ4n) is 2.94. The number of aromatic amines is 1. The zero-order chi connectivity index (χ0) is 22.4. The largest absolute Gasteiger partial charge is 0.495 e. The molecule has 0 aliphatic carbocycles. The van der Waals surface area contributed by atoms with Gasteiger partial charge in [0.25, 0.3) is 5.56 Å². The lowest BCUT2D eigenvalue weighted by atomic mass is 10.1. The van der Waals surface area contributed by atoms with Gasteiger partial charge in [0.2, 0.25) is 5.91 Å². The maximum atomic E-state index is 12.5. The van der Waals surface area contributed by atoms with E-state index in [1.165, 1.54) is 14.2 Å². The summed E-state index contributed by atoms with van der Waals surface area (Å²) in [4.78, 5) is 32.2. The van der Waals surface area contributed by atoms with E-state index in [1.807, 2.05) is 30.3 Å². The Labute approximate surface area is 189 Å². The number of nitrogens with zero attached hydrogens (tertiary/aromatic N) is 1. The van der Waals surface area contributed by atoms with Crippen LogP contribution in [0.5, 0.6) is 11.5 Å². The minimum absolute atomic E-state index is 0.0501. The number of aryl methyl sites for hydroxylation is 1. The van der Waals surface area contributed by atoms with Gasteiger partial charge in [-0.25, -0.2) is 4.98 Å². The molecule has 0 bridgehead atoms. The number of carbonyl (C=O) groups excluding carboxylic acids is 1. The SMILES string of the molecule is COc1cc(NC(=O)CSc2nc(C)c(Cc3ccccc3)c(=O)[nH]2)c(OC)cc1Cl. The third-order valence-electron chi connectivity index (χ3n) is 4.51. The molecule has 3 aromatic rings. The Balaban J connectivity index is 1.67. The van der Waals surface area contributed by atoms with Gasteiger partial charge in [0.15, 0.2) is 5.16 Å². The first-order chi connectivity index (χ1) is 14.9. The summed E-state index contributed by atoms with van der Waals surface area (Å²) in [6.45, 7) is 1.79. The van der Waals surface area contributed by atoms with Crippen LogP contribution in [0.15, 0.2) is 52.4 Å². The summed E-state index contributed by atoms with van der Waals surface area (Å²) in [6, 6.07) is 12.9. The molecule has 0 atom stereocenters. The lowest BCUT2D eigenvalue weighted by molar-refractivity contribution is -0.113. The van der Waals surface area contributed by atoms with Crippen molar-refractivity contribution in [1.82, 2.24) is 9.97 Å². The van der Waals surface area contributed by atoms with E-state index in [0.717, 1.165) is 17.3 Å². The highest BCUT2D eigenvalue weighted by Crippen LogP contribution is 2.36. The van der Waals surface area contributed by atoms with Gasteiger partial charge in [-0.15, -0.1) is 0 Å². The first-order valence-corrected chi connectivity index (χ1v) is 10.8. The third-order valence-corrected chi connectivity index (χ3v) is 5.68. The molecular weight excluding hydrogens is 438 g/mol. The lowest BCUT2D eigenvalue weighted by Gasteiger charge is -2.13. The van der Waals surface area contributed by atoms with Crippen molar-refractivity contribution in [2.75, 3.05) is 25.3 Å². The van der Waals surface area contributed by atoms with Gasteiger partial charge in [-0.1, -0.05) is 53.7 Å². The molecule has 31 heavy (non-hydrogen) atoms. The van der Waals surface area contributed by atoms with E-state index in [-0.39, 0.29) is 17.2 Å². The third kappa shape index (κ3) is 5.80. The Bertz CT molecular complexity index is 1140. The number of nitrogens with one attached hydrogen (secondary N) is 2. The van der Waals surface area contributed by atoms with Crippen LogP contribution in [-0.4, -0.2) is 35.8 Å². The van der Waals surface area contributed by atoms with Gasteiger partial charge in [-0.3, -0.25) is 9.59 Å². The van der Waals surface area contributed by atoms with Crippen LogP contribution in [-0.2, 0) is 11.2 Å². The standard InChI is InChI=1S/C22H22ClN3O4S/c1-13-15(9-14-7-5-4-6-8-14)21(28)26-22(24-13)31-12-20(27)25-17-11-18(29-2)16(23)10-19(17)30-3/h4-8,10-11H,9,12H2,1-3H3,(H,25,27)(H,24,26,28). The van der Waals surface area contributed by atoms with E-state index < -0.39 is 0 Å². The summed E-state index contributed by atoms with van der Waals surface area (Å²) in [5.74, 6) is 0.591. The van der Waals surface area contributed by atoms with Crippen LogP contribution in [0.4, 0.5) is 5.69 Å². The predicted octanol–water partition coefficient (Wildman–Crippen LogP) is 4.07. The van der Waals surface area contributed by atoms with Crippen LogP contribution in [0, 0.1) is 6.92 Å². The van der Waals surface area contributed by atoms with E-state index in [1.54, 1.807) is 19.1 Å². The molecule has 3 rings (SSSR count). The molecule has 2 N–H and O–H groups in total. The molecule has 0 aliphatic heterocycles. The zero-order valence-corrected chi connectivity index (χ0v) is 18.9. The number of amides is 1. The minimum Gasteiger partial charge on any atom is -0.495 e. The van der Waals surface area contributed by atoms with Crippen LogP contribution < -0.4 is 20.3 Å². The molecule has 1 aromatic heterocycles. The summed E-state index contributed by atoms with van der Waals surface area (Å²) in [5.41, 5.74) is 2.51. The summed E-state index contributed by atoms with van der Waals surface area (Å²) >= 11 is 7.23. The summed E-state index contributed by atoms with van der Waals surface area (Å²) in [7, 11) is 2.97. The number of hydrogen-bond acceptors (Lipinski definition) is 6. The van der Waals surface area contributed by atoms with Crippen molar-refractivity contribution in [3.63, 3.8) is 0 Å². The molecule has 1 amide bonds. The number of ether oxygens (including phenoxy) is 2. The molecule has 0 spiro atoms. The average molecular weight is 460 g/mol. The number of rotatable bonds is 8. The van der Waals surface area contributed by atoms with Crippen molar-refractivity contribution in [3.05, 3.63) is 74.7 Å². The summed E-state index contributed by atoms with van der Waals surface area (Å²) < 4.78 is 10.4. The molecule has 2 aromatic carbocycles. The fraction of sp³-hybridized carbons (Fsp3) is 0.227. The van der Waals surface area contributed by atoms with Crippen LogP contribution in [0.2, 0.25) is 5.02 Å². The monoisotopic (exact) mass is 459 g/mol. The van der Waals surface area contributed by atoms with Gasteiger partial charge in [0.1, 0.15) is 11.5 Å². The normalized spacial score (nSPS) is 10.6. The van der Waals surface area contributed by atoms with Gasteiger partial charge in [0.05, 0.1) is 30.7 Å². The van der Waals surface area contributed by atoms with Crippen LogP contribution >= 0.6 is 23.4 Å². The number of aromatic nitrogens is 2. The molecule has 9 heteroatoms. The van der Waals surface area contributed by atoms with Crippen molar-refractivity contribution in [1.29, 1.82) is 0 Å². The number of thioether (sulfide) groups is 1. The zero-order valence-electron chi connectivity index (χ0n) is 17.3. The van der Waals surface area contributed by atoms with Gasteiger partial charge >= 0.3 is 0 Å². The minimum atomic E-state index is -0.290. The molecule has 7 nitrogen and oxygen atoms in total. The fourth-order valence-corrected chi connectivity index (χ4v) is 3.88. The molecule has 0 saturated carbocycles. The van der Waals surface area contributed by atoms with Crippen LogP contribution in [0.1, 0.15) is 16.8 Å². The predicted molar refractivity (Wildman–Crippen MR) is 123 cm³/mol. The Morgan fingerprint density at radius 3 is 2.52 bits per heavy atom. The van der Waals surface area contributed by atoms with E-state index in [9.17, 15) is 9.59 Å². The van der Waals surface area contributed by atoms with Crippen LogP contribution in [0.3, 0.4) is 0 Å². The number of hydrogen-bond donors (Lipinski definition) is 2. The maximum Gasteiger partial charge on any atom is 0.255 e. The van der Waals surface area contributed by atoms with Gasteiger partial charge in [0, 0.05) is 29.8 Å². The van der Waals surface area contributed by atoms with Crippen molar-refractivity contribution in [3.8, 4) is 11.5 Å². The quantitative estimate of drug-likeness (QED) is 0.389. The number of carbonyl (C=O) groups is 1. The second-order valence-electron chi connectivity index (χ2n) is 6.62.